The molecule has 30 heavy (non-hydrogen) atoms. The number of rotatable bonds is 5. The minimum atomic E-state index is -0.584. The number of fused-ring (bicyclic) bond motifs is 1. The third kappa shape index (κ3) is 3.75. The van der Waals surface area contributed by atoms with Gasteiger partial charge in [0.2, 0.25) is 0 Å². The molecule has 1 aromatic carbocycles. The summed E-state index contributed by atoms with van der Waals surface area (Å²) in [5.41, 5.74) is 9.01. The van der Waals surface area contributed by atoms with Crippen molar-refractivity contribution in [1.82, 2.24) is 10.2 Å². The lowest BCUT2D eigenvalue weighted by Crippen LogP contribution is -2.19. The molecule has 0 atom stereocenters. The van der Waals surface area contributed by atoms with Crippen LogP contribution in [0.25, 0.3) is 17.3 Å². The van der Waals surface area contributed by atoms with Gasteiger partial charge in [-0.3, -0.25) is 14.7 Å². The third-order valence-corrected chi connectivity index (χ3v) is 6.25. The zero-order valence-corrected chi connectivity index (χ0v) is 16.9. The lowest BCUT2D eigenvalue weighted by Gasteiger charge is -2.11. The Morgan fingerprint density at radius 2 is 2.00 bits per heavy atom. The standard InChI is InChI=1S/C22H19N5O2S/c23-11-14(10-15-12-25-27-19(15)13-6-2-1-3-7-13)21(29)26-22-18(20(24)28)16-8-4-5-9-17(16)30-22/h1-3,6-7,10,12H,4-5,8-9H2,(H2,24,28)(H,25,27)(H,26,29)/b14-10-. The highest BCUT2D eigenvalue weighted by Gasteiger charge is 2.25. The molecule has 0 spiro atoms. The van der Waals surface area contributed by atoms with E-state index in [1.807, 2.05) is 36.4 Å². The van der Waals surface area contributed by atoms with E-state index < -0.39 is 11.8 Å². The molecule has 0 saturated heterocycles. The van der Waals surface area contributed by atoms with E-state index in [9.17, 15) is 14.9 Å². The monoisotopic (exact) mass is 417 g/mol. The zero-order valence-electron chi connectivity index (χ0n) is 16.1. The Kier molecular flexibility index (Phi) is 5.46. The second-order valence-electron chi connectivity index (χ2n) is 6.97. The van der Waals surface area contributed by atoms with Gasteiger partial charge < -0.3 is 11.1 Å². The predicted octanol–water partition coefficient (Wildman–Crippen LogP) is 3.66. The van der Waals surface area contributed by atoms with Crippen LogP contribution in [-0.2, 0) is 17.6 Å². The maximum Gasteiger partial charge on any atom is 0.266 e. The summed E-state index contributed by atoms with van der Waals surface area (Å²) >= 11 is 1.37. The van der Waals surface area contributed by atoms with Crippen LogP contribution in [0.5, 0.6) is 0 Å². The van der Waals surface area contributed by atoms with Gasteiger partial charge in [0.05, 0.1) is 17.5 Å². The van der Waals surface area contributed by atoms with Crippen LogP contribution in [0.15, 0.2) is 42.1 Å². The summed E-state index contributed by atoms with van der Waals surface area (Å²) in [7, 11) is 0. The van der Waals surface area contributed by atoms with Gasteiger partial charge in [0.1, 0.15) is 16.6 Å². The number of H-pyrrole nitrogens is 1. The molecule has 1 aliphatic rings. The Morgan fingerprint density at radius 3 is 2.73 bits per heavy atom. The first-order valence-electron chi connectivity index (χ1n) is 9.54. The highest BCUT2D eigenvalue weighted by molar-refractivity contribution is 7.17. The smallest absolute Gasteiger partial charge is 0.266 e. The van der Waals surface area contributed by atoms with Crippen molar-refractivity contribution in [3.63, 3.8) is 0 Å². The number of anilines is 1. The van der Waals surface area contributed by atoms with Crippen molar-refractivity contribution in [3.8, 4) is 17.3 Å². The van der Waals surface area contributed by atoms with Gasteiger partial charge in [-0.25, -0.2) is 0 Å². The topological polar surface area (TPSA) is 125 Å². The molecule has 2 heterocycles. The van der Waals surface area contributed by atoms with Crippen molar-refractivity contribution in [2.24, 2.45) is 5.73 Å². The lowest BCUT2D eigenvalue weighted by atomic mass is 9.95. The van der Waals surface area contributed by atoms with Crippen LogP contribution < -0.4 is 11.1 Å². The summed E-state index contributed by atoms with van der Waals surface area (Å²) in [6.07, 6.45) is 6.72. The van der Waals surface area contributed by atoms with E-state index in [1.165, 1.54) is 17.4 Å². The van der Waals surface area contributed by atoms with Crippen molar-refractivity contribution in [3.05, 3.63) is 63.7 Å². The summed E-state index contributed by atoms with van der Waals surface area (Å²) in [6, 6.07) is 11.5. The maximum absolute atomic E-state index is 12.8. The zero-order chi connectivity index (χ0) is 21.1. The molecule has 0 fully saturated rings. The Morgan fingerprint density at radius 1 is 1.23 bits per heavy atom. The normalized spacial score (nSPS) is 13.4. The van der Waals surface area contributed by atoms with Gasteiger partial charge in [-0.2, -0.15) is 10.4 Å². The van der Waals surface area contributed by atoms with E-state index in [0.717, 1.165) is 41.7 Å². The molecule has 2 amide bonds. The SMILES string of the molecule is N#C/C(=C/c1cn[nH]c1-c1ccccc1)C(=O)Nc1sc2c(c1C(N)=O)CCCC2. The molecule has 0 radical (unpaired) electrons. The second-order valence-corrected chi connectivity index (χ2v) is 8.07. The molecule has 0 bridgehead atoms. The number of hydrogen-bond acceptors (Lipinski definition) is 5. The molecule has 3 aromatic rings. The molecule has 0 unspecified atom stereocenters. The summed E-state index contributed by atoms with van der Waals surface area (Å²) < 4.78 is 0. The Hall–Kier alpha value is -3.70. The molecule has 7 nitrogen and oxygen atoms in total. The number of nitrogens with one attached hydrogen (secondary N) is 2. The molecule has 0 saturated carbocycles. The number of carbonyl (C=O) groups excluding carboxylic acids is 2. The number of carbonyl (C=O) groups is 2. The first-order chi connectivity index (χ1) is 14.6. The number of nitrogens with two attached hydrogens (primary N) is 1. The van der Waals surface area contributed by atoms with E-state index >= 15 is 0 Å². The van der Waals surface area contributed by atoms with Crippen molar-refractivity contribution >= 4 is 34.2 Å². The fourth-order valence-electron chi connectivity index (χ4n) is 3.63. The van der Waals surface area contributed by atoms with Crippen LogP contribution >= 0.6 is 11.3 Å². The van der Waals surface area contributed by atoms with E-state index in [2.05, 4.69) is 15.5 Å². The molecule has 8 heteroatoms. The molecular formula is C22H19N5O2S. The molecule has 4 N–H and O–H groups in total. The van der Waals surface area contributed by atoms with E-state index in [0.29, 0.717) is 21.8 Å². The summed E-state index contributed by atoms with van der Waals surface area (Å²) in [6.45, 7) is 0. The predicted molar refractivity (Wildman–Crippen MR) is 116 cm³/mol. The first-order valence-corrected chi connectivity index (χ1v) is 10.4. The fraction of sp³-hybridized carbons (Fsp3) is 0.182. The van der Waals surface area contributed by atoms with Gasteiger partial charge in [0, 0.05) is 16.0 Å². The van der Waals surface area contributed by atoms with Crippen LogP contribution in [0.3, 0.4) is 0 Å². The number of hydrogen-bond donors (Lipinski definition) is 3. The Balaban J connectivity index is 1.64. The van der Waals surface area contributed by atoms with Crippen LogP contribution in [0, 0.1) is 11.3 Å². The summed E-state index contributed by atoms with van der Waals surface area (Å²) in [5.74, 6) is -1.15. The highest BCUT2D eigenvalue weighted by Crippen LogP contribution is 2.38. The number of thiophene rings is 1. The number of primary amides is 1. The fourth-order valence-corrected chi connectivity index (χ4v) is 4.92. The minimum absolute atomic E-state index is 0.0876. The Labute approximate surface area is 177 Å². The van der Waals surface area contributed by atoms with Crippen LogP contribution in [0.1, 0.15) is 39.2 Å². The minimum Gasteiger partial charge on any atom is -0.365 e. The Bertz CT molecular complexity index is 1180. The van der Waals surface area contributed by atoms with Crippen LogP contribution in [0.4, 0.5) is 5.00 Å². The number of amides is 2. The van der Waals surface area contributed by atoms with Crippen molar-refractivity contribution < 1.29 is 9.59 Å². The van der Waals surface area contributed by atoms with Gasteiger partial charge in [0.15, 0.2) is 0 Å². The van der Waals surface area contributed by atoms with Crippen molar-refractivity contribution in [1.29, 1.82) is 5.26 Å². The number of aryl methyl sites for hydroxylation is 1. The molecule has 1 aliphatic carbocycles. The summed E-state index contributed by atoms with van der Waals surface area (Å²) in [4.78, 5) is 25.9. The third-order valence-electron chi connectivity index (χ3n) is 5.04. The molecular weight excluding hydrogens is 398 g/mol. The molecule has 4 rings (SSSR count). The number of benzene rings is 1. The van der Waals surface area contributed by atoms with Crippen molar-refractivity contribution in [2.75, 3.05) is 5.32 Å². The van der Waals surface area contributed by atoms with Gasteiger partial charge in [0.25, 0.3) is 11.8 Å². The number of aromatic amines is 1. The van der Waals surface area contributed by atoms with Gasteiger partial charge in [-0.1, -0.05) is 30.3 Å². The van der Waals surface area contributed by atoms with Gasteiger partial charge >= 0.3 is 0 Å². The van der Waals surface area contributed by atoms with E-state index in [-0.39, 0.29) is 5.57 Å². The largest absolute Gasteiger partial charge is 0.365 e. The van der Waals surface area contributed by atoms with Gasteiger partial charge in [-0.15, -0.1) is 11.3 Å². The van der Waals surface area contributed by atoms with E-state index in [4.69, 9.17) is 5.73 Å². The van der Waals surface area contributed by atoms with Gasteiger partial charge in [-0.05, 0) is 37.3 Å². The van der Waals surface area contributed by atoms with E-state index in [1.54, 1.807) is 6.20 Å². The van der Waals surface area contributed by atoms with Crippen LogP contribution in [-0.4, -0.2) is 22.0 Å². The molecule has 0 aliphatic heterocycles. The number of nitriles is 1. The van der Waals surface area contributed by atoms with Crippen LogP contribution in [0.2, 0.25) is 0 Å². The number of nitrogens with zero attached hydrogens (tertiary/aromatic N) is 2. The average Bonchev–Trinajstić information content (AvgIpc) is 3.36. The quantitative estimate of drug-likeness (QED) is 0.433. The molecule has 150 valence electrons. The first kappa shape index (κ1) is 19.6. The number of aromatic nitrogens is 2. The second kappa shape index (κ2) is 8.35. The van der Waals surface area contributed by atoms with Crippen molar-refractivity contribution in [2.45, 2.75) is 25.7 Å². The molecule has 2 aromatic heterocycles. The average molecular weight is 417 g/mol. The maximum atomic E-state index is 12.8. The summed E-state index contributed by atoms with van der Waals surface area (Å²) in [5, 5.41) is 19.7. The highest BCUT2D eigenvalue weighted by atomic mass is 32.1. The lowest BCUT2D eigenvalue weighted by molar-refractivity contribution is -0.112.